The van der Waals surface area contributed by atoms with Crippen LogP contribution in [0.3, 0.4) is 0 Å². The molecule has 1 fully saturated rings. The summed E-state index contributed by atoms with van der Waals surface area (Å²) in [6.45, 7) is 0.0396. The molecule has 0 saturated carbocycles. The van der Waals surface area contributed by atoms with Crippen molar-refractivity contribution < 1.29 is 22.3 Å². The van der Waals surface area contributed by atoms with Gasteiger partial charge < -0.3 is 4.74 Å². The third kappa shape index (κ3) is 3.94. The first-order chi connectivity index (χ1) is 12.5. The topological polar surface area (TPSA) is 63.7 Å². The first kappa shape index (κ1) is 18.5. The van der Waals surface area contributed by atoms with E-state index in [0.29, 0.717) is 12.8 Å². The van der Waals surface area contributed by atoms with Gasteiger partial charge in [-0.1, -0.05) is 36.4 Å². The summed E-state index contributed by atoms with van der Waals surface area (Å²) in [5, 5.41) is 0. The highest BCUT2D eigenvalue weighted by Crippen LogP contribution is 2.26. The molecule has 1 unspecified atom stereocenters. The van der Waals surface area contributed by atoms with Crippen molar-refractivity contribution in [2.24, 2.45) is 0 Å². The van der Waals surface area contributed by atoms with Gasteiger partial charge in [-0.3, -0.25) is 4.79 Å². The molecule has 1 saturated heterocycles. The lowest BCUT2D eigenvalue weighted by Gasteiger charge is -2.33. The van der Waals surface area contributed by atoms with Crippen LogP contribution in [0.2, 0.25) is 0 Å². The molecule has 0 aliphatic carbocycles. The Labute approximate surface area is 152 Å². The summed E-state index contributed by atoms with van der Waals surface area (Å²) >= 11 is 0. The molecule has 7 heteroatoms. The van der Waals surface area contributed by atoms with Crippen LogP contribution in [-0.4, -0.2) is 31.3 Å². The van der Waals surface area contributed by atoms with Crippen LogP contribution in [0.15, 0.2) is 59.5 Å². The first-order valence-electron chi connectivity index (χ1n) is 8.47. The fourth-order valence-corrected chi connectivity index (χ4v) is 4.68. The predicted molar refractivity (Wildman–Crippen MR) is 94.2 cm³/mol. The largest absolute Gasteiger partial charge is 0.460 e. The summed E-state index contributed by atoms with van der Waals surface area (Å²) in [6.07, 6.45) is 1.81. The Hall–Kier alpha value is -2.25. The molecule has 1 aliphatic heterocycles. The second kappa shape index (κ2) is 7.97. The van der Waals surface area contributed by atoms with Crippen molar-refractivity contribution in [2.45, 2.75) is 36.8 Å². The molecule has 0 radical (unpaired) electrons. The molecular formula is C19H20FNO4S. The molecule has 1 aliphatic rings. The number of halogens is 1. The summed E-state index contributed by atoms with van der Waals surface area (Å²) in [6, 6.07) is 13.2. The van der Waals surface area contributed by atoms with Crippen LogP contribution in [0, 0.1) is 5.82 Å². The Kier molecular flexibility index (Phi) is 5.68. The molecule has 2 aromatic rings. The Balaban J connectivity index is 1.76. The van der Waals surface area contributed by atoms with Crippen molar-refractivity contribution in [1.29, 1.82) is 0 Å². The van der Waals surface area contributed by atoms with Gasteiger partial charge in [-0.2, -0.15) is 4.31 Å². The van der Waals surface area contributed by atoms with Crippen molar-refractivity contribution >= 4 is 16.0 Å². The smallest absolute Gasteiger partial charge is 0.324 e. The average Bonchev–Trinajstić information content (AvgIpc) is 2.68. The maximum Gasteiger partial charge on any atom is 0.324 e. The van der Waals surface area contributed by atoms with Crippen molar-refractivity contribution in [3.05, 3.63) is 66.0 Å². The molecule has 0 bridgehead atoms. The van der Waals surface area contributed by atoms with Gasteiger partial charge in [0.25, 0.3) is 0 Å². The zero-order valence-electron chi connectivity index (χ0n) is 14.2. The minimum atomic E-state index is -3.79. The number of hydrogen-bond donors (Lipinski definition) is 0. The number of carbonyl (C=O) groups is 1. The van der Waals surface area contributed by atoms with Crippen LogP contribution < -0.4 is 0 Å². The highest BCUT2D eigenvalue weighted by molar-refractivity contribution is 7.89. The highest BCUT2D eigenvalue weighted by atomic mass is 32.2. The van der Waals surface area contributed by atoms with Crippen molar-refractivity contribution in [3.8, 4) is 0 Å². The van der Waals surface area contributed by atoms with Gasteiger partial charge in [-0.25, -0.2) is 12.8 Å². The van der Waals surface area contributed by atoms with E-state index in [4.69, 9.17) is 4.74 Å². The summed E-state index contributed by atoms with van der Waals surface area (Å²) in [5.74, 6) is -1.11. The molecule has 0 amide bonds. The number of nitrogens with zero attached hydrogens (tertiary/aromatic N) is 1. The zero-order chi connectivity index (χ0) is 18.6. The van der Waals surface area contributed by atoms with E-state index in [-0.39, 0.29) is 23.6 Å². The van der Waals surface area contributed by atoms with Gasteiger partial charge >= 0.3 is 5.97 Å². The second-order valence-electron chi connectivity index (χ2n) is 6.14. The lowest BCUT2D eigenvalue weighted by Crippen LogP contribution is -2.48. The van der Waals surface area contributed by atoms with E-state index in [2.05, 4.69) is 0 Å². The van der Waals surface area contributed by atoms with Gasteiger partial charge in [-0.15, -0.1) is 0 Å². The lowest BCUT2D eigenvalue weighted by molar-refractivity contribution is -0.150. The van der Waals surface area contributed by atoms with Gasteiger partial charge in [0.1, 0.15) is 18.5 Å². The Morgan fingerprint density at radius 1 is 1.08 bits per heavy atom. The van der Waals surface area contributed by atoms with E-state index in [1.807, 2.05) is 0 Å². The lowest BCUT2D eigenvalue weighted by atomic mass is 10.1. The average molecular weight is 377 g/mol. The van der Waals surface area contributed by atoms with E-state index in [0.717, 1.165) is 6.42 Å². The van der Waals surface area contributed by atoms with Gasteiger partial charge in [0.2, 0.25) is 10.0 Å². The molecule has 138 valence electrons. The number of carbonyl (C=O) groups excluding carboxylic acids is 1. The molecule has 26 heavy (non-hydrogen) atoms. The van der Waals surface area contributed by atoms with Crippen LogP contribution in [0.4, 0.5) is 4.39 Å². The third-order valence-electron chi connectivity index (χ3n) is 4.40. The van der Waals surface area contributed by atoms with Crippen LogP contribution in [0.1, 0.15) is 24.8 Å². The molecule has 0 spiro atoms. The van der Waals surface area contributed by atoms with E-state index in [9.17, 15) is 17.6 Å². The SMILES string of the molecule is O=C(OCc1ccccc1F)C1CCCCN1S(=O)(=O)c1ccccc1. The zero-order valence-corrected chi connectivity index (χ0v) is 15.0. The third-order valence-corrected chi connectivity index (χ3v) is 6.33. The van der Waals surface area contributed by atoms with Gasteiger partial charge in [0.15, 0.2) is 0 Å². The van der Waals surface area contributed by atoms with Gasteiger partial charge in [0.05, 0.1) is 4.90 Å². The Bertz CT molecular complexity index is 870. The normalized spacial score (nSPS) is 18.4. The van der Waals surface area contributed by atoms with E-state index in [1.165, 1.54) is 28.6 Å². The van der Waals surface area contributed by atoms with Crippen molar-refractivity contribution in [1.82, 2.24) is 4.31 Å². The van der Waals surface area contributed by atoms with Crippen LogP contribution in [0.25, 0.3) is 0 Å². The highest BCUT2D eigenvalue weighted by Gasteiger charge is 2.38. The first-order valence-corrected chi connectivity index (χ1v) is 9.91. The minimum absolute atomic E-state index is 0.147. The maximum atomic E-state index is 13.7. The van der Waals surface area contributed by atoms with Crippen LogP contribution in [0.5, 0.6) is 0 Å². The Morgan fingerprint density at radius 3 is 2.50 bits per heavy atom. The second-order valence-corrected chi connectivity index (χ2v) is 8.03. The number of benzene rings is 2. The Morgan fingerprint density at radius 2 is 1.77 bits per heavy atom. The molecule has 2 aromatic carbocycles. The summed E-state index contributed by atoms with van der Waals surface area (Å²) in [5.41, 5.74) is 0.258. The number of ether oxygens (including phenoxy) is 1. The number of piperidine rings is 1. The van der Waals surface area contributed by atoms with Gasteiger partial charge in [0, 0.05) is 12.1 Å². The molecule has 1 heterocycles. The van der Waals surface area contributed by atoms with Crippen LogP contribution in [-0.2, 0) is 26.2 Å². The quantitative estimate of drug-likeness (QED) is 0.751. The molecule has 0 N–H and O–H groups in total. The molecule has 5 nitrogen and oxygen atoms in total. The fourth-order valence-electron chi connectivity index (χ4n) is 3.02. The van der Waals surface area contributed by atoms with Crippen molar-refractivity contribution in [2.75, 3.05) is 6.54 Å². The maximum absolute atomic E-state index is 13.7. The van der Waals surface area contributed by atoms with E-state index >= 15 is 0 Å². The number of sulfonamides is 1. The monoisotopic (exact) mass is 377 g/mol. The standard InChI is InChI=1S/C19H20FNO4S/c20-17-11-5-4-8-15(17)14-25-19(22)18-12-6-7-13-21(18)26(23,24)16-9-2-1-3-10-16/h1-5,8-11,18H,6-7,12-14H2. The number of hydrogen-bond acceptors (Lipinski definition) is 4. The van der Waals surface area contributed by atoms with E-state index in [1.54, 1.807) is 30.3 Å². The number of esters is 1. The van der Waals surface area contributed by atoms with Crippen LogP contribution >= 0.6 is 0 Å². The summed E-state index contributed by atoms with van der Waals surface area (Å²) < 4.78 is 45.9. The summed E-state index contributed by atoms with van der Waals surface area (Å²) in [4.78, 5) is 12.7. The van der Waals surface area contributed by atoms with Gasteiger partial charge in [-0.05, 0) is 37.5 Å². The minimum Gasteiger partial charge on any atom is -0.460 e. The van der Waals surface area contributed by atoms with Crippen molar-refractivity contribution in [3.63, 3.8) is 0 Å². The number of rotatable bonds is 5. The summed E-state index contributed by atoms with van der Waals surface area (Å²) in [7, 11) is -3.79. The molecule has 1 atom stereocenters. The molecular weight excluding hydrogens is 357 g/mol. The predicted octanol–water partition coefficient (Wildman–Crippen LogP) is 3.11. The fraction of sp³-hybridized carbons (Fsp3) is 0.316. The molecule has 0 aromatic heterocycles. The molecule has 3 rings (SSSR count). The van der Waals surface area contributed by atoms with E-state index < -0.39 is 27.9 Å².